The zero-order chi connectivity index (χ0) is 8.55. The van der Waals surface area contributed by atoms with E-state index in [-0.39, 0.29) is 0 Å². The van der Waals surface area contributed by atoms with Gasteiger partial charge in [-0.1, -0.05) is 6.07 Å². The maximum absolute atomic E-state index is 5.53. The second-order valence-corrected chi connectivity index (χ2v) is 2.84. The van der Waals surface area contributed by atoms with Crippen molar-refractivity contribution in [1.29, 1.82) is 0 Å². The van der Waals surface area contributed by atoms with Crippen molar-refractivity contribution in [3.05, 3.63) is 35.9 Å². The summed E-state index contributed by atoms with van der Waals surface area (Å²) in [5, 5.41) is 0. The molecule has 0 aliphatic heterocycles. The average molecular weight is 161 g/mol. The third-order valence-corrected chi connectivity index (χ3v) is 2.01. The number of nitrogens with zero attached hydrogens (tertiary/aromatic N) is 2. The van der Waals surface area contributed by atoms with Crippen LogP contribution < -0.4 is 5.73 Å². The summed E-state index contributed by atoms with van der Waals surface area (Å²) < 4.78 is 2.04. The van der Waals surface area contributed by atoms with Crippen molar-refractivity contribution in [1.82, 2.24) is 9.38 Å². The maximum atomic E-state index is 5.53. The SMILES string of the molecule is Cc1ncc2ccc(CN)cn12. The third kappa shape index (κ3) is 0.987. The summed E-state index contributed by atoms with van der Waals surface area (Å²) in [6.07, 6.45) is 3.88. The minimum Gasteiger partial charge on any atom is -0.326 e. The summed E-state index contributed by atoms with van der Waals surface area (Å²) in [4.78, 5) is 4.19. The quantitative estimate of drug-likeness (QED) is 0.680. The van der Waals surface area contributed by atoms with Crippen LogP contribution in [-0.2, 0) is 6.54 Å². The fourth-order valence-electron chi connectivity index (χ4n) is 1.28. The Balaban J connectivity index is 2.71. The molecule has 0 aromatic carbocycles. The molecule has 3 nitrogen and oxygen atoms in total. The highest BCUT2D eigenvalue weighted by Gasteiger charge is 1.97. The number of hydrogen-bond acceptors (Lipinski definition) is 2. The molecule has 0 saturated heterocycles. The number of aromatic nitrogens is 2. The van der Waals surface area contributed by atoms with Crippen LogP contribution in [-0.4, -0.2) is 9.38 Å². The lowest BCUT2D eigenvalue weighted by Gasteiger charge is -1.99. The van der Waals surface area contributed by atoms with Crippen LogP contribution in [0.5, 0.6) is 0 Å². The van der Waals surface area contributed by atoms with Crippen LogP contribution in [0, 0.1) is 6.92 Å². The van der Waals surface area contributed by atoms with Crippen molar-refractivity contribution in [2.75, 3.05) is 0 Å². The van der Waals surface area contributed by atoms with Gasteiger partial charge in [0.1, 0.15) is 5.82 Å². The summed E-state index contributed by atoms with van der Waals surface area (Å²) in [6.45, 7) is 2.56. The number of aryl methyl sites for hydroxylation is 1. The van der Waals surface area contributed by atoms with E-state index in [9.17, 15) is 0 Å². The number of fused-ring (bicyclic) bond motifs is 1. The van der Waals surface area contributed by atoms with Gasteiger partial charge >= 0.3 is 0 Å². The van der Waals surface area contributed by atoms with Gasteiger partial charge in [-0.2, -0.15) is 0 Å². The molecule has 0 aliphatic rings. The monoisotopic (exact) mass is 161 g/mol. The Morgan fingerprint density at radius 1 is 1.50 bits per heavy atom. The number of imidazole rings is 1. The number of nitrogens with two attached hydrogens (primary N) is 1. The molecule has 0 atom stereocenters. The number of pyridine rings is 1. The number of rotatable bonds is 1. The molecule has 0 unspecified atom stereocenters. The standard InChI is InChI=1S/C9H11N3/c1-7-11-5-9-3-2-8(4-10)6-12(7)9/h2-3,5-6H,4,10H2,1H3. The average Bonchev–Trinajstić information content (AvgIpc) is 2.47. The molecular weight excluding hydrogens is 150 g/mol. The lowest BCUT2D eigenvalue weighted by atomic mass is 10.3. The van der Waals surface area contributed by atoms with Gasteiger partial charge in [0.05, 0.1) is 11.7 Å². The Morgan fingerprint density at radius 3 is 3.08 bits per heavy atom. The van der Waals surface area contributed by atoms with Crippen molar-refractivity contribution in [3.63, 3.8) is 0 Å². The van der Waals surface area contributed by atoms with Crippen LogP contribution in [0.1, 0.15) is 11.4 Å². The first-order valence-electron chi connectivity index (χ1n) is 3.94. The van der Waals surface area contributed by atoms with E-state index in [1.807, 2.05) is 35.9 Å². The van der Waals surface area contributed by atoms with Gasteiger partial charge in [-0.25, -0.2) is 4.98 Å². The first-order chi connectivity index (χ1) is 5.81. The summed E-state index contributed by atoms with van der Waals surface area (Å²) in [5.41, 5.74) is 7.77. The molecule has 2 heterocycles. The van der Waals surface area contributed by atoms with Gasteiger partial charge in [0, 0.05) is 12.7 Å². The molecule has 0 bridgehead atoms. The van der Waals surface area contributed by atoms with Crippen molar-refractivity contribution < 1.29 is 0 Å². The predicted molar refractivity (Wildman–Crippen MR) is 47.8 cm³/mol. The molecule has 2 N–H and O–H groups in total. The third-order valence-electron chi connectivity index (χ3n) is 2.01. The predicted octanol–water partition coefficient (Wildman–Crippen LogP) is 1.10. The smallest absolute Gasteiger partial charge is 0.110 e. The molecule has 0 radical (unpaired) electrons. The van der Waals surface area contributed by atoms with Gasteiger partial charge in [-0.15, -0.1) is 0 Å². The summed E-state index contributed by atoms with van der Waals surface area (Å²) in [7, 11) is 0. The van der Waals surface area contributed by atoms with Crippen LogP contribution in [0.15, 0.2) is 24.5 Å². The van der Waals surface area contributed by atoms with Crippen LogP contribution in [0.25, 0.3) is 5.52 Å². The molecule has 3 heteroatoms. The zero-order valence-electron chi connectivity index (χ0n) is 6.99. The van der Waals surface area contributed by atoms with Crippen LogP contribution in [0.2, 0.25) is 0 Å². The van der Waals surface area contributed by atoms with Crippen molar-refractivity contribution in [2.45, 2.75) is 13.5 Å². The minimum atomic E-state index is 0.577. The normalized spacial score (nSPS) is 10.8. The molecular formula is C9H11N3. The Morgan fingerprint density at radius 2 is 2.33 bits per heavy atom. The van der Waals surface area contributed by atoms with E-state index in [0.29, 0.717) is 6.54 Å². The zero-order valence-corrected chi connectivity index (χ0v) is 6.99. The molecule has 0 amide bonds. The van der Waals surface area contributed by atoms with Crippen molar-refractivity contribution >= 4 is 5.52 Å². The van der Waals surface area contributed by atoms with Gasteiger partial charge in [0.2, 0.25) is 0 Å². The summed E-state index contributed by atoms with van der Waals surface area (Å²) in [6, 6.07) is 4.05. The maximum Gasteiger partial charge on any atom is 0.110 e. The largest absolute Gasteiger partial charge is 0.326 e. The second kappa shape index (κ2) is 2.60. The van der Waals surface area contributed by atoms with Crippen LogP contribution >= 0.6 is 0 Å². The molecule has 2 rings (SSSR count). The van der Waals surface area contributed by atoms with E-state index in [1.165, 1.54) is 0 Å². The summed E-state index contributed by atoms with van der Waals surface area (Å²) >= 11 is 0. The van der Waals surface area contributed by atoms with Crippen LogP contribution in [0.3, 0.4) is 0 Å². The topological polar surface area (TPSA) is 43.3 Å². The molecule has 0 spiro atoms. The van der Waals surface area contributed by atoms with E-state index < -0.39 is 0 Å². The highest BCUT2D eigenvalue weighted by Crippen LogP contribution is 2.07. The fraction of sp³-hybridized carbons (Fsp3) is 0.222. The Labute approximate surface area is 70.8 Å². The van der Waals surface area contributed by atoms with Gasteiger partial charge in [-0.05, 0) is 18.6 Å². The van der Waals surface area contributed by atoms with Crippen LogP contribution in [0.4, 0.5) is 0 Å². The lowest BCUT2D eigenvalue weighted by Crippen LogP contribution is -1.98. The van der Waals surface area contributed by atoms with E-state index in [2.05, 4.69) is 4.98 Å². The second-order valence-electron chi connectivity index (χ2n) is 2.84. The Bertz CT molecular complexity index is 403. The minimum absolute atomic E-state index is 0.577. The first kappa shape index (κ1) is 7.31. The Hall–Kier alpha value is -1.35. The highest BCUT2D eigenvalue weighted by molar-refractivity contribution is 5.46. The molecule has 12 heavy (non-hydrogen) atoms. The molecule has 2 aromatic rings. The highest BCUT2D eigenvalue weighted by atomic mass is 15.0. The van der Waals surface area contributed by atoms with E-state index in [4.69, 9.17) is 5.73 Å². The van der Waals surface area contributed by atoms with Gasteiger partial charge in [-0.3, -0.25) is 0 Å². The van der Waals surface area contributed by atoms with E-state index in [0.717, 1.165) is 16.9 Å². The van der Waals surface area contributed by atoms with Gasteiger partial charge < -0.3 is 10.1 Å². The van der Waals surface area contributed by atoms with E-state index in [1.54, 1.807) is 0 Å². The summed E-state index contributed by atoms with van der Waals surface area (Å²) in [5.74, 6) is 1.00. The molecule has 62 valence electrons. The first-order valence-corrected chi connectivity index (χ1v) is 3.94. The lowest BCUT2D eigenvalue weighted by molar-refractivity contribution is 0.989. The number of hydrogen-bond donors (Lipinski definition) is 1. The van der Waals surface area contributed by atoms with Gasteiger partial charge in [0.15, 0.2) is 0 Å². The Kier molecular flexibility index (Phi) is 1.59. The van der Waals surface area contributed by atoms with E-state index >= 15 is 0 Å². The van der Waals surface area contributed by atoms with Crippen molar-refractivity contribution in [2.24, 2.45) is 5.73 Å². The molecule has 0 fully saturated rings. The molecule has 0 saturated carbocycles. The molecule has 2 aromatic heterocycles. The van der Waals surface area contributed by atoms with Gasteiger partial charge in [0.25, 0.3) is 0 Å². The fourth-order valence-corrected chi connectivity index (χ4v) is 1.28. The molecule has 0 aliphatic carbocycles. The van der Waals surface area contributed by atoms with Crippen molar-refractivity contribution in [3.8, 4) is 0 Å².